The Morgan fingerprint density at radius 2 is 1.86 bits per heavy atom. The first-order valence-electron chi connectivity index (χ1n) is 7.18. The second-order valence-electron chi connectivity index (χ2n) is 5.48. The van der Waals surface area contributed by atoms with Gasteiger partial charge in [-0.15, -0.1) is 0 Å². The van der Waals surface area contributed by atoms with Crippen molar-refractivity contribution in [2.45, 2.75) is 30.8 Å². The molecule has 0 amide bonds. The van der Waals surface area contributed by atoms with Gasteiger partial charge in [-0.05, 0) is 51.2 Å². The van der Waals surface area contributed by atoms with Crippen molar-refractivity contribution < 1.29 is 13.5 Å². The third-order valence-corrected chi connectivity index (χ3v) is 5.27. The van der Waals surface area contributed by atoms with E-state index in [0.717, 1.165) is 13.0 Å². The summed E-state index contributed by atoms with van der Waals surface area (Å²) < 4.78 is 26.4. The maximum atomic E-state index is 12.5. The molecule has 1 unspecified atom stereocenters. The Morgan fingerprint density at radius 3 is 2.43 bits per heavy atom. The van der Waals surface area contributed by atoms with E-state index in [2.05, 4.69) is 0 Å². The average molecular weight is 314 g/mol. The van der Waals surface area contributed by atoms with Crippen molar-refractivity contribution in [1.82, 2.24) is 9.21 Å². The number of hydrogen-bond donors (Lipinski definition) is 1. The molecule has 1 rings (SSSR count). The molecular weight excluding hydrogens is 288 g/mol. The monoisotopic (exact) mass is 314 g/mol. The van der Waals surface area contributed by atoms with Crippen molar-refractivity contribution in [1.29, 1.82) is 0 Å². The van der Waals surface area contributed by atoms with Crippen LogP contribution in [0.5, 0.6) is 0 Å². The molecule has 0 radical (unpaired) electrons. The molecule has 120 valence electrons. The van der Waals surface area contributed by atoms with E-state index in [0.29, 0.717) is 18.5 Å². The van der Waals surface area contributed by atoms with Gasteiger partial charge in [0.15, 0.2) is 0 Å². The van der Waals surface area contributed by atoms with E-state index in [9.17, 15) is 13.5 Å². The fraction of sp³-hybridized carbons (Fsp3) is 0.600. The smallest absolute Gasteiger partial charge is 0.242 e. The molecule has 0 bridgehead atoms. The van der Waals surface area contributed by atoms with Gasteiger partial charge in [0.2, 0.25) is 10.0 Å². The lowest BCUT2D eigenvalue weighted by Crippen LogP contribution is -2.30. The summed E-state index contributed by atoms with van der Waals surface area (Å²) in [6.45, 7) is 3.18. The molecular formula is C15H26N2O3S. The van der Waals surface area contributed by atoms with Gasteiger partial charge in [0, 0.05) is 13.6 Å². The normalized spacial score (nSPS) is 13.9. The Balaban J connectivity index is 2.86. The highest BCUT2D eigenvalue weighted by molar-refractivity contribution is 7.89. The number of benzene rings is 1. The predicted octanol–water partition coefficient (Wildman–Crippen LogP) is 1.70. The molecule has 0 saturated carbocycles. The maximum Gasteiger partial charge on any atom is 0.242 e. The van der Waals surface area contributed by atoms with Gasteiger partial charge < -0.3 is 10.0 Å². The van der Waals surface area contributed by atoms with Gasteiger partial charge in [0.25, 0.3) is 0 Å². The molecule has 1 N–H and O–H groups in total. The van der Waals surface area contributed by atoms with Crippen LogP contribution in [0.25, 0.3) is 0 Å². The molecule has 6 heteroatoms. The molecule has 0 aliphatic heterocycles. The lowest BCUT2D eigenvalue weighted by Gasteiger charge is -2.19. The Morgan fingerprint density at radius 1 is 1.19 bits per heavy atom. The van der Waals surface area contributed by atoms with E-state index in [4.69, 9.17) is 0 Å². The van der Waals surface area contributed by atoms with Gasteiger partial charge in [-0.2, -0.15) is 0 Å². The molecule has 0 aliphatic carbocycles. The SMILES string of the molecule is CCC(O)c1cccc(S(=O)(=O)N(C)CCCN(C)C)c1. The number of nitrogens with zero attached hydrogens (tertiary/aromatic N) is 2. The first-order valence-corrected chi connectivity index (χ1v) is 8.62. The lowest BCUT2D eigenvalue weighted by molar-refractivity contribution is 0.173. The van der Waals surface area contributed by atoms with Gasteiger partial charge >= 0.3 is 0 Å². The third kappa shape index (κ3) is 5.07. The summed E-state index contributed by atoms with van der Waals surface area (Å²) in [7, 11) is 2.02. The molecule has 1 aromatic carbocycles. The van der Waals surface area contributed by atoms with E-state index >= 15 is 0 Å². The molecule has 5 nitrogen and oxygen atoms in total. The van der Waals surface area contributed by atoms with Crippen molar-refractivity contribution in [2.24, 2.45) is 0 Å². The number of sulfonamides is 1. The van der Waals surface area contributed by atoms with Crippen LogP contribution < -0.4 is 0 Å². The number of hydrogen-bond acceptors (Lipinski definition) is 4. The number of aliphatic hydroxyl groups excluding tert-OH is 1. The molecule has 0 spiro atoms. The highest BCUT2D eigenvalue weighted by Gasteiger charge is 2.21. The van der Waals surface area contributed by atoms with Crippen molar-refractivity contribution in [3.63, 3.8) is 0 Å². The minimum atomic E-state index is -3.50. The highest BCUT2D eigenvalue weighted by atomic mass is 32.2. The van der Waals surface area contributed by atoms with Gasteiger partial charge in [-0.1, -0.05) is 19.1 Å². The van der Waals surface area contributed by atoms with Gasteiger partial charge in [-0.3, -0.25) is 0 Å². The summed E-state index contributed by atoms with van der Waals surface area (Å²) in [4.78, 5) is 2.26. The number of aliphatic hydroxyl groups is 1. The van der Waals surface area contributed by atoms with Crippen LogP contribution >= 0.6 is 0 Å². The maximum absolute atomic E-state index is 12.5. The van der Waals surface area contributed by atoms with Crippen LogP contribution in [-0.2, 0) is 10.0 Å². The molecule has 0 aliphatic rings. The van der Waals surface area contributed by atoms with E-state index in [1.165, 1.54) is 4.31 Å². The molecule has 0 fully saturated rings. The topological polar surface area (TPSA) is 60.9 Å². The van der Waals surface area contributed by atoms with Crippen LogP contribution in [0, 0.1) is 0 Å². The van der Waals surface area contributed by atoms with Crippen molar-refractivity contribution in [3.8, 4) is 0 Å². The lowest BCUT2D eigenvalue weighted by atomic mass is 10.1. The van der Waals surface area contributed by atoms with Gasteiger partial charge in [0.1, 0.15) is 0 Å². The Labute approximate surface area is 128 Å². The summed E-state index contributed by atoms with van der Waals surface area (Å²) in [5, 5.41) is 9.85. The quantitative estimate of drug-likeness (QED) is 0.793. The minimum Gasteiger partial charge on any atom is -0.388 e. The van der Waals surface area contributed by atoms with Gasteiger partial charge in [0.05, 0.1) is 11.0 Å². The van der Waals surface area contributed by atoms with Crippen LogP contribution in [0.15, 0.2) is 29.2 Å². The van der Waals surface area contributed by atoms with Crippen molar-refractivity contribution in [2.75, 3.05) is 34.2 Å². The Kier molecular flexibility index (Phi) is 6.80. The van der Waals surface area contributed by atoms with Crippen molar-refractivity contribution >= 4 is 10.0 Å². The van der Waals surface area contributed by atoms with Crippen molar-refractivity contribution in [3.05, 3.63) is 29.8 Å². The zero-order chi connectivity index (χ0) is 16.0. The zero-order valence-corrected chi connectivity index (χ0v) is 14.1. The molecule has 0 aromatic heterocycles. The van der Waals surface area contributed by atoms with E-state index in [1.807, 2.05) is 25.9 Å². The summed E-state index contributed by atoms with van der Waals surface area (Å²) in [6, 6.07) is 6.56. The summed E-state index contributed by atoms with van der Waals surface area (Å²) >= 11 is 0. The van der Waals surface area contributed by atoms with Crippen LogP contribution in [0.4, 0.5) is 0 Å². The van der Waals surface area contributed by atoms with Crippen LogP contribution in [0.1, 0.15) is 31.4 Å². The van der Waals surface area contributed by atoms with Crippen LogP contribution in [0.2, 0.25) is 0 Å². The molecule has 1 atom stereocenters. The number of rotatable bonds is 8. The van der Waals surface area contributed by atoms with Crippen LogP contribution in [-0.4, -0.2) is 57.0 Å². The molecule has 21 heavy (non-hydrogen) atoms. The Hall–Kier alpha value is -0.950. The molecule has 1 aromatic rings. The Bertz CT molecular complexity index is 544. The van der Waals surface area contributed by atoms with E-state index in [1.54, 1.807) is 31.3 Å². The van der Waals surface area contributed by atoms with Gasteiger partial charge in [-0.25, -0.2) is 12.7 Å². The summed E-state index contributed by atoms with van der Waals surface area (Å²) in [6.07, 6.45) is 0.710. The standard InChI is InChI=1S/C15H26N2O3S/c1-5-15(18)13-8-6-9-14(12-13)21(19,20)17(4)11-7-10-16(2)3/h6,8-9,12,15,18H,5,7,10-11H2,1-4H3. The minimum absolute atomic E-state index is 0.236. The first kappa shape index (κ1) is 18.1. The first-order chi connectivity index (χ1) is 9.78. The molecule has 0 heterocycles. The summed E-state index contributed by atoms with van der Waals surface area (Å²) in [5.41, 5.74) is 0.639. The van der Waals surface area contributed by atoms with E-state index < -0.39 is 16.1 Å². The second-order valence-corrected chi connectivity index (χ2v) is 7.52. The summed E-state index contributed by atoms with van der Waals surface area (Å²) in [5.74, 6) is 0. The average Bonchev–Trinajstić information content (AvgIpc) is 2.46. The third-order valence-electron chi connectivity index (χ3n) is 3.42. The predicted molar refractivity (Wildman–Crippen MR) is 84.7 cm³/mol. The fourth-order valence-electron chi connectivity index (χ4n) is 2.03. The second kappa shape index (κ2) is 7.89. The van der Waals surface area contributed by atoms with E-state index in [-0.39, 0.29) is 4.90 Å². The van der Waals surface area contributed by atoms with Crippen LogP contribution in [0.3, 0.4) is 0 Å². The highest BCUT2D eigenvalue weighted by Crippen LogP contribution is 2.21. The molecule has 0 saturated heterocycles. The zero-order valence-electron chi connectivity index (χ0n) is 13.3. The largest absolute Gasteiger partial charge is 0.388 e. The fourth-order valence-corrected chi connectivity index (χ4v) is 3.29.